The Morgan fingerprint density at radius 2 is 0.375 bits per heavy atom. The Labute approximate surface area is 406 Å². The van der Waals surface area contributed by atoms with Gasteiger partial charge in [0, 0.05) is 0 Å². The average molecular weight is 985 g/mol. The van der Waals surface area contributed by atoms with Crippen molar-refractivity contribution in [2.45, 2.75) is 289 Å². The van der Waals surface area contributed by atoms with E-state index in [0.717, 1.165) is 125 Å². The zero-order valence-corrected chi connectivity index (χ0v) is 50.1. The number of hydrogen-bond donors (Lipinski definition) is 0. The predicted molar refractivity (Wildman–Crippen MR) is 306 cm³/mol. The Kier molecular flexibility index (Phi) is 37.1. The summed E-state index contributed by atoms with van der Waals surface area (Å²) >= 11 is 0. The molecule has 0 heterocycles. The van der Waals surface area contributed by atoms with Crippen LogP contribution in [0.3, 0.4) is 0 Å². The molecule has 0 atom stereocenters. The molecule has 0 aromatic rings. The minimum absolute atomic E-state index is 1.05. The van der Waals surface area contributed by atoms with E-state index in [9.17, 15) is 0 Å². The van der Waals surface area contributed by atoms with Gasteiger partial charge in [-0.1, -0.05) is 0 Å². The van der Waals surface area contributed by atoms with E-state index in [1.54, 1.807) is 0 Å². The first-order chi connectivity index (χ1) is 30.8. The van der Waals surface area contributed by atoms with Gasteiger partial charge in [-0.25, -0.2) is 0 Å². The van der Waals surface area contributed by atoms with Crippen LogP contribution in [0.2, 0.25) is 0 Å². The van der Waals surface area contributed by atoms with E-state index in [1.165, 1.54) is 154 Å². The van der Waals surface area contributed by atoms with Crippen molar-refractivity contribution in [3.63, 3.8) is 0 Å². The zero-order valence-electron chi connectivity index (χ0n) is 46.5. The van der Waals surface area contributed by atoms with Crippen LogP contribution in [0.25, 0.3) is 0 Å². The summed E-state index contributed by atoms with van der Waals surface area (Å²) < 4.78 is 42.9. The van der Waals surface area contributed by atoms with Crippen molar-refractivity contribution >= 4 is 28.3 Å². The number of hydrogen-bond acceptors (Lipinski definition) is 4. The summed E-state index contributed by atoms with van der Waals surface area (Å²) in [5.41, 5.74) is 0. The van der Waals surface area contributed by atoms with Crippen molar-refractivity contribution in [2.75, 3.05) is 73.9 Å². The summed E-state index contributed by atoms with van der Waals surface area (Å²) in [6, 6.07) is 0. The summed E-state index contributed by atoms with van der Waals surface area (Å²) in [5, 5.41) is 0. The standard InChI is InChI=1S/C56H124O4P4/c1-13-25-29-33-37-41-53-64(54-42-38-34-30-26-14-2,55-43-39-35-31-27-15-3,56-44-40-36-32-28-16-4)60-61(57,58-62(45-17-5,46-18-6,47-19-7)48-20-8)59-63(49-21-9,50-22-10,51-23-11)52-24-12/h13-56H2,1-12H3. The molecule has 0 spiro atoms. The molecular weight excluding hydrogens is 861 g/mol. The fraction of sp³-hybridized carbons (Fsp3) is 1.00. The molecule has 392 valence electrons. The third-order valence-electron chi connectivity index (χ3n) is 15.6. The van der Waals surface area contributed by atoms with Crippen LogP contribution in [0.5, 0.6) is 0 Å². The molecular formula is C56H124O4P4. The van der Waals surface area contributed by atoms with Gasteiger partial charge < -0.3 is 0 Å². The summed E-state index contributed by atoms with van der Waals surface area (Å²) in [4.78, 5) is 0. The van der Waals surface area contributed by atoms with Gasteiger partial charge in [0.05, 0.1) is 0 Å². The van der Waals surface area contributed by atoms with Gasteiger partial charge in [-0.05, 0) is 0 Å². The summed E-state index contributed by atoms with van der Waals surface area (Å²) in [6.07, 6.45) is 52.4. The second kappa shape index (κ2) is 36.3. The monoisotopic (exact) mass is 985 g/mol. The Hall–Kier alpha value is 1.40. The van der Waals surface area contributed by atoms with Crippen molar-refractivity contribution < 1.29 is 17.5 Å². The molecule has 0 saturated heterocycles. The molecule has 0 fully saturated rings. The van der Waals surface area contributed by atoms with Crippen molar-refractivity contribution in [1.29, 1.82) is 0 Å². The van der Waals surface area contributed by atoms with Gasteiger partial charge in [0.1, 0.15) is 0 Å². The fourth-order valence-electron chi connectivity index (χ4n) is 13.1. The Balaban J connectivity index is 8.70. The topological polar surface area (TPSA) is 44.8 Å². The second-order valence-corrected chi connectivity index (χ2v) is 41.4. The molecule has 0 aromatic heterocycles. The molecule has 0 aliphatic carbocycles. The first-order valence-corrected chi connectivity index (χ1v) is 39.7. The van der Waals surface area contributed by atoms with E-state index in [2.05, 4.69) is 83.1 Å². The van der Waals surface area contributed by atoms with E-state index in [4.69, 9.17) is 12.9 Å². The van der Waals surface area contributed by atoms with Crippen molar-refractivity contribution in [3.8, 4) is 0 Å². The Morgan fingerprint density at radius 3 is 0.547 bits per heavy atom. The predicted octanol–water partition coefficient (Wildman–Crippen LogP) is 22.3. The first-order valence-electron chi connectivity index (χ1n) is 29.6. The van der Waals surface area contributed by atoms with E-state index in [0.29, 0.717) is 0 Å². The van der Waals surface area contributed by atoms with Crippen molar-refractivity contribution in [1.82, 2.24) is 0 Å². The Bertz CT molecular complexity index is 955. The first kappa shape index (κ1) is 65.4. The molecule has 0 aliphatic rings. The maximum absolute atomic E-state index is 17.8. The third kappa shape index (κ3) is 23.5. The zero-order chi connectivity index (χ0) is 48.1. The minimum atomic E-state index is -4.11. The van der Waals surface area contributed by atoms with Crippen LogP contribution in [0.1, 0.15) is 289 Å². The van der Waals surface area contributed by atoms with Gasteiger partial charge in [-0.2, -0.15) is 0 Å². The number of rotatable bonds is 50. The molecule has 0 aromatic carbocycles. The molecule has 4 nitrogen and oxygen atoms in total. The number of phosphoric acid groups is 1. The molecule has 0 N–H and O–H groups in total. The van der Waals surface area contributed by atoms with E-state index in [-0.39, 0.29) is 0 Å². The summed E-state index contributed by atoms with van der Waals surface area (Å²) in [7, 11) is -4.11. The molecule has 0 aliphatic heterocycles. The molecule has 0 unspecified atom stereocenters. The SMILES string of the molecule is CCCCCCCCP(CCCCCCCC)(CCCCCCCC)(CCCCCCCC)OP(=O)(OP(CCC)(CCC)(CCC)CCC)OP(CCC)(CCC)(CCC)CCC. The van der Waals surface area contributed by atoms with Crippen LogP contribution in [0, 0.1) is 0 Å². The Morgan fingerprint density at radius 1 is 0.219 bits per heavy atom. The van der Waals surface area contributed by atoms with E-state index >= 15 is 4.57 Å². The second-order valence-electron chi connectivity index (χ2n) is 22.0. The van der Waals surface area contributed by atoms with Gasteiger partial charge in [-0.15, -0.1) is 0 Å². The van der Waals surface area contributed by atoms with Crippen LogP contribution in [-0.2, 0) is 17.5 Å². The molecule has 0 radical (unpaired) electrons. The number of unbranched alkanes of at least 4 members (excludes halogenated alkanes) is 20. The molecule has 0 bridgehead atoms. The average Bonchev–Trinajstić information content (AvgIpc) is 3.24. The van der Waals surface area contributed by atoms with E-state index in [1.807, 2.05) is 0 Å². The van der Waals surface area contributed by atoms with E-state index < -0.39 is 28.3 Å². The molecule has 8 heteroatoms. The molecule has 0 rings (SSSR count). The van der Waals surface area contributed by atoms with Gasteiger partial charge in [-0.3, -0.25) is 0 Å². The molecule has 64 heavy (non-hydrogen) atoms. The molecule has 0 amide bonds. The van der Waals surface area contributed by atoms with Gasteiger partial charge in [0.2, 0.25) is 0 Å². The van der Waals surface area contributed by atoms with Crippen LogP contribution < -0.4 is 0 Å². The van der Waals surface area contributed by atoms with Crippen LogP contribution in [-0.4, -0.2) is 73.9 Å². The van der Waals surface area contributed by atoms with Crippen molar-refractivity contribution in [2.24, 2.45) is 0 Å². The van der Waals surface area contributed by atoms with Crippen LogP contribution >= 0.6 is 28.3 Å². The third-order valence-corrected chi connectivity index (χ3v) is 42.0. The molecule has 0 saturated carbocycles. The van der Waals surface area contributed by atoms with Gasteiger partial charge in [0.15, 0.2) is 0 Å². The summed E-state index contributed by atoms with van der Waals surface area (Å²) in [5.74, 6) is 0. The summed E-state index contributed by atoms with van der Waals surface area (Å²) in [6.45, 7) is 19.0. The van der Waals surface area contributed by atoms with Crippen LogP contribution in [0.4, 0.5) is 0 Å². The quantitative estimate of drug-likeness (QED) is 0.0450. The maximum atomic E-state index is 17.8. The normalized spacial score (nSPS) is 15.6. The van der Waals surface area contributed by atoms with Gasteiger partial charge in [0.25, 0.3) is 0 Å². The van der Waals surface area contributed by atoms with Crippen LogP contribution in [0.15, 0.2) is 0 Å². The van der Waals surface area contributed by atoms with Gasteiger partial charge >= 0.3 is 408 Å². The fourth-order valence-corrected chi connectivity index (χ4v) is 42.1. The van der Waals surface area contributed by atoms with Crippen molar-refractivity contribution in [3.05, 3.63) is 0 Å².